The molecule has 106 valence electrons. The van der Waals surface area contributed by atoms with Gasteiger partial charge in [-0.25, -0.2) is 8.42 Å². The molecule has 1 aliphatic heterocycles. The second kappa shape index (κ2) is 5.76. The van der Waals surface area contributed by atoms with E-state index >= 15 is 0 Å². The van der Waals surface area contributed by atoms with E-state index in [2.05, 4.69) is 0 Å². The number of hydrogen-bond donors (Lipinski definition) is 1. The van der Waals surface area contributed by atoms with Gasteiger partial charge in [0.15, 0.2) is 0 Å². The molecule has 2 rings (SSSR count). The summed E-state index contributed by atoms with van der Waals surface area (Å²) in [5, 5.41) is 9.34. The normalized spacial score (nSPS) is 25.4. The molecule has 0 radical (unpaired) electrons. The van der Waals surface area contributed by atoms with Crippen molar-refractivity contribution in [3.63, 3.8) is 0 Å². The molecule has 1 N–H and O–H groups in total. The molecule has 1 saturated heterocycles. The molecule has 2 atom stereocenters. The SMILES string of the molecule is CC1CN(S(=O)(=O)c2ccccc2Cl)CC(CO)O1. The summed E-state index contributed by atoms with van der Waals surface area (Å²) >= 11 is 5.95. The lowest BCUT2D eigenvalue weighted by Crippen LogP contribution is -2.50. The fourth-order valence-corrected chi connectivity index (χ4v) is 4.13. The Kier molecular flexibility index (Phi) is 4.47. The maximum absolute atomic E-state index is 12.5. The highest BCUT2D eigenvalue weighted by Crippen LogP contribution is 2.26. The average Bonchev–Trinajstić information content (AvgIpc) is 2.38. The molecule has 1 aliphatic rings. The molecule has 0 saturated carbocycles. The number of rotatable bonds is 3. The molecule has 5 nitrogen and oxygen atoms in total. The van der Waals surface area contributed by atoms with Gasteiger partial charge in [0.1, 0.15) is 4.90 Å². The second-order valence-corrected chi connectivity index (χ2v) is 6.82. The van der Waals surface area contributed by atoms with E-state index in [1.54, 1.807) is 25.1 Å². The van der Waals surface area contributed by atoms with Crippen LogP contribution in [0, 0.1) is 0 Å². The van der Waals surface area contributed by atoms with Crippen molar-refractivity contribution in [2.75, 3.05) is 19.7 Å². The van der Waals surface area contributed by atoms with Crippen molar-refractivity contribution < 1.29 is 18.3 Å². The van der Waals surface area contributed by atoms with E-state index in [0.717, 1.165) is 0 Å². The van der Waals surface area contributed by atoms with Crippen molar-refractivity contribution in [1.82, 2.24) is 4.31 Å². The average molecular weight is 306 g/mol. The first kappa shape index (κ1) is 14.7. The largest absolute Gasteiger partial charge is 0.394 e. The first-order valence-electron chi connectivity index (χ1n) is 5.96. The predicted octanol–water partition coefficient (Wildman–Crippen LogP) is 1.11. The zero-order valence-electron chi connectivity index (χ0n) is 10.5. The summed E-state index contributed by atoms with van der Waals surface area (Å²) in [4.78, 5) is 0.0856. The molecule has 19 heavy (non-hydrogen) atoms. The highest BCUT2D eigenvalue weighted by Gasteiger charge is 2.34. The Morgan fingerprint density at radius 2 is 2.11 bits per heavy atom. The number of aliphatic hydroxyl groups is 1. The van der Waals surface area contributed by atoms with Crippen LogP contribution in [0.25, 0.3) is 0 Å². The number of morpholine rings is 1. The van der Waals surface area contributed by atoms with Crippen molar-refractivity contribution in [3.05, 3.63) is 29.3 Å². The highest BCUT2D eigenvalue weighted by atomic mass is 35.5. The monoisotopic (exact) mass is 305 g/mol. The summed E-state index contributed by atoms with van der Waals surface area (Å²) in [5.41, 5.74) is 0. The van der Waals surface area contributed by atoms with Crippen LogP contribution in [0.2, 0.25) is 5.02 Å². The Balaban J connectivity index is 2.32. The van der Waals surface area contributed by atoms with E-state index in [0.29, 0.717) is 0 Å². The van der Waals surface area contributed by atoms with Crippen LogP contribution in [0.5, 0.6) is 0 Å². The third-order valence-electron chi connectivity index (χ3n) is 2.95. The number of sulfonamides is 1. The maximum atomic E-state index is 12.5. The minimum absolute atomic E-state index is 0.0856. The van der Waals surface area contributed by atoms with Gasteiger partial charge in [-0.2, -0.15) is 4.31 Å². The van der Waals surface area contributed by atoms with Gasteiger partial charge < -0.3 is 9.84 Å². The van der Waals surface area contributed by atoms with Gasteiger partial charge in [-0.05, 0) is 19.1 Å². The Morgan fingerprint density at radius 1 is 1.42 bits per heavy atom. The molecule has 0 bridgehead atoms. The van der Waals surface area contributed by atoms with Gasteiger partial charge in [-0.3, -0.25) is 0 Å². The number of halogens is 1. The fourth-order valence-electron chi connectivity index (χ4n) is 2.09. The van der Waals surface area contributed by atoms with Crippen LogP contribution >= 0.6 is 11.6 Å². The van der Waals surface area contributed by atoms with Crippen molar-refractivity contribution in [2.45, 2.75) is 24.0 Å². The molecule has 0 aliphatic carbocycles. The van der Waals surface area contributed by atoms with Gasteiger partial charge in [0, 0.05) is 13.1 Å². The number of benzene rings is 1. The number of ether oxygens (including phenoxy) is 1. The smallest absolute Gasteiger partial charge is 0.244 e. The van der Waals surface area contributed by atoms with Crippen LogP contribution in [0.1, 0.15) is 6.92 Å². The molecular formula is C12H16ClNO4S. The topological polar surface area (TPSA) is 66.8 Å². The summed E-state index contributed by atoms with van der Waals surface area (Å²) in [6.07, 6.45) is -0.760. The van der Waals surface area contributed by atoms with Gasteiger partial charge in [-0.1, -0.05) is 23.7 Å². The summed E-state index contributed by atoms with van der Waals surface area (Å²) < 4.78 is 31.8. The first-order chi connectivity index (χ1) is 8.95. The van der Waals surface area contributed by atoms with E-state index in [1.807, 2.05) is 0 Å². The Bertz CT molecular complexity index is 548. The van der Waals surface area contributed by atoms with Gasteiger partial charge in [0.05, 0.1) is 23.8 Å². The fraction of sp³-hybridized carbons (Fsp3) is 0.500. The molecule has 0 aromatic heterocycles. The van der Waals surface area contributed by atoms with E-state index < -0.39 is 16.1 Å². The van der Waals surface area contributed by atoms with Crippen LogP contribution < -0.4 is 0 Å². The molecule has 0 spiro atoms. The Labute approximate surface area is 117 Å². The van der Waals surface area contributed by atoms with Gasteiger partial charge >= 0.3 is 0 Å². The molecule has 1 aromatic carbocycles. The maximum Gasteiger partial charge on any atom is 0.244 e. The van der Waals surface area contributed by atoms with E-state index in [-0.39, 0.29) is 35.7 Å². The van der Waals surface area contributed by atoms with E-state index in [4.69, 9.17) is 21.4 Å². The first-order valence-corrected chi connectivity index (χ1v) is 7.78. The lowest BCUT2D eigenvalue weighted by atomic mass is 10.2. The lowest BCUT2D eigenvalue weighted by molar-refractivity contribution is -0.0750. The van der Waals surface area contributed by atoms with Crippen LogP contribution in [-0.4, -0.2) is 49.7 Å². The van der Waals surface area contributed by atoms with Gasteiger partial charge in [0.25, 0.3) is 0 Å². The quantitative estimate of drug-likeness (QED) is 0.908. The lowest BCUT2D eigenvalue weighted by Gasteiger charge is -2.35. The molecule has 2 unspecified atom stereocenters. The molecule has 1 heterocycles. The summed E-state index contributed by atoms with van der Waals surface area (Å²) in [6, 6.07) is 6.33. The number of nitrogens with zero attached hydrogens (tertiary/aromatic N) is 1. The minimum Gasteiger partial charge on any atom is -0.394 e. The van der Waals surface area contributed by atoms with E-state index in [9.17, 15) is 8.42 Å². The third kappa shape index (κ3) is 3.09. The molecule has 1 aromatic rings. The van der Waals surface area contributed by atoms with Gasteiger partial charge in [-0.15, -0.1) is 0 Å². The minimum atomic E-state index is -3.66. The van der Waals surface area contributed by atoms with Crippen LogP contribution in [0.3, 0.4) is 0 Å². The molecule has 1 fully saturated rings. The summed E-state index contributed by atoms with van der Waals surface area (Å²) in [7, 11) is -3.66. The highest BCUT2D eigenvalue weighted by molar-refractivity contribution is 7.89. The second-order valence-electron chi connectivity index (χ2n) is 4.50. The molecule has 7 heteroatoms. The van der Waals surface area contributed by atoms with Crippen molar-refractivity contribution in [3.8, 4) is 0 Å². The van der Waals surface area contributed by atoms with Crippen LogP contribution in [-0.2, 0) is 14.8 Å². The van der Waals surface area contributed by atoms with Crippen molar-refractivity contribution >= 4 is 21.6 Å². The predicted molar refractivity (Wildman–Crippen MR) is 71.6 cm³/mol. The summed E-state index contributed by atoms with van der Waals surface area (Å²) in [6.45, 7) is 1.95. The standard InChI is InChI=1S/C12H16ClNO4S/c1-9-6-14(7-10(8-15)18-9)19(16,17)12-5-3-2-4-11(12)13/h2-5,9-10,15H,6-8H2,1H3. The number of aliphatic hydroxyl groups excluding tert-OH is 1. The van der Waals surface area contributed by atoms with Gasteiger partial charge in [0.2, 0.25) is 10.0 Å². The van der Waals surface area contributed by atoms with E-state index in [1.165, 1.54) is 10.4 Å². The number of hydrogen-bond acceptors (Lipinski definition) is 4. The molecule has 0 amide bonds. The zero-order valence-corrected chi connectivity index (χ0v) is 12.1. The Morgan fingerprint density at radius 3 is 2.74 bits per heavy atom. The van der Waals surface area contributed by atoms with Crippen molar-refractivity contribution in [1.29, 1.82) is 0 Å². The van der Waals surface area contributed by atoms with Crippen LogP contribution in [0.15, 0.2) is 29.2 Å². The zero-order chi connectivity index (χ0) is 14.0. The summed E-state index contributed by atoms with van der Waals surface area (Å²) in [5.74, 6) is 0. The molecular weight excluding hydrogens is 290 g/mol. The Hall–Kier alpha value is -0.660. The van der Waals surface area contributed by atoms with Crippen molar-refractivity contribution in [2.24, 2.45) is 0 Å². The third-order valence-corrected chi connectivity index (χ3v) is 5.28. The van der Waals surface area contributed by atoms with Crippen LogP contribution in [0.4, 0.5) is 0 Å².